The van der Waals surface area contributed by atoms with Crippen LogP contribution in [0.4, 0.5) is 16.2 Å². The lowest BCUT2D eigenvalue weighted by molar-refractivity contribution is 0.102. The van der Waals surface area contributed by atoms with Gasteiger partial charge >= 0.3 is 6.09 Å². The van der Waals surface area contributed by atoms with Crippen molar-refractivity contribution in [2.75, 3.05) is 23.4 Å². The Morgan fingerprint density at radius 1 is 1.03 bits per heavy atom. The fraction of sp³-hybridized carbons (Fsp3) is 0.167. The van der Waals surface area contributed by atoms with Crippen LogP contribution in [0.5, 0.6) is 0 Å². The molecule has 0 saturated carbocycles. The Labute approximate surface area is 180 Å². The van der Waals surface area contributed by atoms with Crippen LogP contribution in [0, 0.1) is 13.8 Å². The highest BCUT2D eigenvalue weighted by atomic mass is 32.2. The summed E-state index contributed by atoms with van der Waals surface area (Å²) in [6.45, 7) is 5.04. The Morgan fingerprint density at radius 3 is 2.57 bits per heavy atom. The van der Waals surface area contributed by atoms with Crippen molar-refractivity contribution in [2.24, 2.45) is 0 Å². The Bertz CT molecular complexity index is 1100. The van der Waals surface area contributed by atoms with Gasteiger partial charge in [0.05, 0.1) is 6.54 Å². The van der Waals surface area contributed by atoms with Gasteiger partial charge in [0.1, 0.15) is 6.61 Å². The van der Waals surface area contributed by atoms with Crippen LogP contribution in [0.2, 0.25) is 0 Å². The van der Waals surface area contributed by atoms with Crippen molar-refractivity contribution in [3.05, 3.63) is 83.4 Å². The SMILES string of the molecule is Cc1ccc(C)c(Sc2ccc(NC(=O)c3cccc(N4CCOC4=O)c3)cc2)c1. The topological polar surface area (TPSA) is 58.6 Å². The lowest BCUT2D eigenvalue weighted by Crippen LogP contribution is -2.23. The maximum Gasteiger partial charge on any atom is 0.414 e. The molecule has 1 saturated heterocycles. The van der Waals surface area contributed by atoms with Crippen LogP contribution in [0.25, 0.3) is 0 Å². The number of hydrogen-bond donors (Lipinski definition) is 1. The zero-order valence-electron chi connectivity index (χ0n) is 16.8. The average molecular weight is 419 g/mol. The van der Waals surface area contributed by atoms with E-state index in [2.05, 4.69) is 37.4 Å². The molecule has 30 heavy (non-hydrogen) atoms. The Kier molecular flexibility index (Phi) is 5.77. The molecule has 3 aromatic rings. The lowest BCUT2D eigenvalue weighted by Gasteiger charge is -2.14. The molecule has 152 valence electrons. The largest absolute Gasteiger partial charge is 0.447 e. The Balaban J connectivity index is 1.44. The first-order chi connectivity index (χ1) is 14.5. The van der Waals surface area contributed by atoms with Crippen molar-refractivity contribution in [1.82, 2.24) is 0 Å². The molecule has 0 aromatic heterocycles. The minimum absolute atomic E-state index is 0.223. The summed E-state index contributed by atoms with van der Waals surface area (Å²) in [5, 5.41) is 2.92. The second kappa shape index (κ2) is 8.63. The van der Waals surface area contributed by atoms with Gasteiger partial charge in [0.25, 0.3) is 5.91 Å². The zero-order chi connectivity index (χ0) is 21.1. The highest BCUT2D eigenvalue weighted by molar-refractivity contribution is 7.99. The molecular weight excluding hydrogens is 396 g/mol. The van der Waals surface area contributed by atoms with E-state index < -0.39 is 0 Å². The summed E-state index contributed by atoms with van der Waals surface area (Å²) in [4.78, 5) is 28.3. The summed E-state index contributed by atoms with van der Waals surface area (Å²) >= 11 is 1.71. The zero-order valence-corrected chi connectivity index (χ0v) is 17.7. The van der Waals surface area contributed by atoms with E-state index in [0.717, 1.165) is 10.6 Å². The fourth-order valence-electron chi connectivity index (χ4n) is 3.20. The van der Waals surface area contributed by atoms with Gasteiger partial charge in [-0.3, -0.25) is 9.69 Å². The molecule has 1 N–H and O–H groups in total. The van der Waals surface area contributed by atoms with Crippen molar-refractivity contribution < 1.29 is 14.3 Å². The number of cyclic esters (lactones) is 1. The normalized spacial score (nSPS) is 13.3. The monoisotopic (exact) mass is 418 g/mol. The van der Waals surface area contributed by atoms with E-state index >= 15 is 0 Å². The number of rotatable bonds is 5. The third kappa shape index (κ3) is 4.49. The van der Waals surface area contributed by atoms with Crippen molar-refractivity contribution in [2.45, 2.75) is 23.6 Å². The number of anilines is 2. The number of nitrogens with zero attached hydrogens (tertiary/aromatic N) is 1. The summed E-state index contributed by atoms with van der Waals surface area (Å²) < 4.78 is 4.97. The van der Waals surface area contributed by atoms with E-state index in [1.54, 1.807) is 36.0 Å². The molecule has 4 rings (SSSR count). The van der Waals surface area contributed by atoms with E-state index in [1.165, 1.54) is 20.9 Å². The second-order valence-electron chi connectivity index (χ2n) is 7.17. The Hall–Kier alpha value is -3.25. The minimum Gasteiger partial charge on any atom is -0.447 e. The van der Waals surface area contributed by atoms with Crippen LogP contribution < -0.4 is 10.2 Å². The maximum absolute atomic E-state index is 12.7. The average Bonchev–Trinajstić information content (AvgIpc) is 3.18. The first-order valence-corrected chi connectivity index (χ1v) is 10.5. The highest BCUT2D eigenvalue weighted by Gasteiger charge is 2.24. The number of ether oxygens (including phenoxy) is 1. The van der Waals surface area contributed by atoms with E-state index in [4.69, 9.17) is 4.74 Å². The number of benzene rings is 3. The third-order valence-electron chi connectivity index (χ3n) is 4.86. The van der Waals surface area contributed by atoms with Crippen LogP contribution in [-0.4, -0.2) is 25.2 Å². The smallest absolute Gasteiger partial charge is 0.414 e. The summed E-state index contributed by atoms with van der Waals surface area (Å²) in [5.74, 6) is -0.223. The molecule has 0 aliphatic carbocycles. The molecule has 0 unspecified atom stereocenters. The van der Waals surface area contributed by atoms with Crippen LogP contribution in [0.15, 0.2) is 76.5 Å². The van der Waals surface area contributed by atoms with Crippen molar-refractivity contribution in [3.63, 3.8) is 0 Å². The molecule has 6 heteroatoms. The summed E-state index contributed by atoms with van der Waals surface area (Å²) in [5.41, 5.74) is 4.34. The molecule has 1 heterocycles. The van der Waals surface area contributed by atoms with Gasteiger partial charge in [0.15, 0.2) is 0 Å². The number of amides is 2. The molecule has 0 bridgehead atoms. The fourth-order valence-corrected chi connectivity index (χ4v) is 4.20. The van der Waals surface area contributed by atoms with E-state index in [9.17, 15) is 9.59 Å². The quantitative estimate of drug-likeness (QED) is 0.580. The Morgan fingerprint density at radius 2 is 1.83 bits per heavy atom. The molecule has 3 aromatic carbocycles. The lowest BCUT2D eigenvalue weighted by atomic mass is 10.1. The second-order valence-corrected chi connectivity index (χ2v) is 8.28. The number of hydrogen-bond acceptors (Lipinski definition) is 4. The predicted octanol–water partition coefficient (Wildman–Crippen LogP) is 5.66. The summed E-state index contributed by atoms with van der Waals surface area (Å²) in [7, 11) is 0. The number of carbonyl (C=O) groups excluding carboxylic acids is 2. The minimum atomic E-state index is -0.385. The molecular formula is C24H22N2O3S. The van der Waals surface area contributed by atoms with E-state index in [0.29, 0.717) is 24.4 Å². The van der Waals surface area contributed by atoms with Crippen LogP contribution in [-0.2, 0) is 4.74 Å². The molecule has 0 spiro atoms. The molecule has 5 nitrogen and oxygen atoms in total. The summed E-state index contributed by atoms with van der Waals surface area (Å²) in [6, 6.07) is 21.2. The number of aryl methyl sites for hydroxylation is 2. The van der Waals surface area contributed by atoms with Gasteiger partial charge in [0.2, 0.25) is 0 Å². The standard InChI is InChI=1S/C24H22N2O3S/c1-16-6-7-17(2)22(14-16)30-21-10-8-19(9-11-21)25-23(27)18-4-3-5-20(15-18)26-12-13-29-24(26)28/h3-11,14-15H,12-13H2,1-2H3,(H,25,27). The molecule has 1 aliphatic heterocycles. The van der Waals surface area contributed by atoms with Crippen molar-refractivity contribution >= 4 is 35.1 Å². The molecule has 1 aliphatic rings. The van der Waals surface area contributed by atoms with Crippen LogP contribution in [0.1, 0.15) is 21.5 Å². The maximum atomic E-state index is 12.7. The molecule has 0 radical (unpaired) electrons. The third-order valence-corrected chi connectivity index (χ3v) is 6.03. The van der Waals surface area contributed by atoms with Gasteiger partial charge in [0, 0.05) is 26.7 Å². The van der Waals surface area contributed by atoms with Gasteiger partial charge in [-0.15, -0.1) is 0 Å². The van der Waals surface area contributed by atoms with Gasteiger partial charge in [-0.1, -0.05) is 30.0 Å². The molecule has 0 atom stereocenters. The molecule has 1 fully saturated rings. The van der Waals surface area contributed by atoms with Gasteiger partial charge in [-0.2, -0.15) is 0 Å². The first-order valence-electron chi connectivity index (χ1n) is 9.70. The van der Waals surface area contributed by atoms with E-state index in [1.807, 2.05) is 24.3 Å². The van der Waals surface area contributed by atoms with Crippen LogP contribution >= 0.6 is 11.8 Å². The van der Waals surface area contributed by atoms with Gasteiger partial charge in [-0.25, -0.2) is 4.79 Å². The summed E-state index contributed by atoms with van der Waals surface area (Å²) in [6.07, 6.45) is -0.385. The number of nitrogens with one attached hydrogen (secondary N) is 1. The first kappa shape index (κ1) is 20.0. The van der Waals surface area contributed by atoms with E-state index in [-0.39, 0.29) is 12.0 Å². The van der Waals surface area contributed by atoms with Crippen LogP contribution in [0.3, 0.4) is 0 Å². The van der Waals surface area contributed by atoms with Gasteiger partial charge < -0.3 is 10.1 Å². The number of carbonyl (C=O) groups is 2. The predicted molar refractivity (Wildman–Crippen MR) is 120 cm³/mol. The van der Waals surface area contributed by atoms with Gasteiger partial charge in [-0.05, 0) is 73.5 Å². The molecule has 2 amide bonds. The van der Waals surface area contributed by atoms with Crippen molar-refractivity contribution in [3.8, 4) is 0 Å². The van der Waals surface area contributed by atoms with Crippen molar-refractivity contribution in [1.29, 1.82) is 0 Å². The highest BCUT2D eigenvalue weighted by Crippen LogP contribution is 2.31.